The van der Waals surface area contributed by atoms with Gasteiger partial charge >= 0.3 is 0 Å². The Bertz CT molecular complexity index is 1260. The molecule has 0 aliphatic carbocycles. The van der Waals surface area contributed by atoms with Crippen LogP contribution in [0.25, 0.3) is 0 Å². The highest BCUT2D eigenvalue weighted by Gasteiger charge is 2.28. The highest BCUT2D eigenvalue weighted by molar-refractivity contribution is 7.92. The van der Waals surface area contributed by atoms with E-state index in [9.17, 15) is 13.2 Å². The van der Waals surface area contributed by atoms with Gasteiger partial charge in [0.2, 0.25) is 0 Å². The molecular formula is C26H28N2O5S. The number of hydrogen-bond acceptors (Lipinski definition) is 5. The number of carbonyl (C=O) groups excluding carboxylic acids is 1. The molecule has 0 aromatic heterocycles. The lowest BCUT2D eigenvalue weighted by Gasteiger charge is -2.30. The van der Waals surface area contributed by atoms with Crippen LogP contribution in [0.5, 0.6) is 11.5 Å². The van der Waals surface area contributed by atoms with E-state index in [0.717, 1.165) is 29.7 Å². The quantitative estimate of drug-likeness (QED) is 0.525. The molecule has 0 bridgehead atoms. The summed E-state index contributed by atoms with van der Waals surface area (Å²) in [5, 5.41) is 2.88. The number of fused-ring (bicyclic) bond motifs is 1. The number of aryl methyl sites for hydroxylation is 1. The van der Waals surface area contributed by atoms with Gasteiger partial charge in [0.25, 0.3) is 15.9 Å². The van der Waals surface area contributed by atoms with Crippen molar-refractivity contribution in [2.24, 2.45) is 0 Å². The van der Waals surface area contributed by atoms with E-state index in [4.69, 9.17) is 9.47 Å². The van der Waals surface area contributed by atoms with Crippen LogP contribution in [-0.4, -0.2) is 34.6 Å². The summed E-state index contributed by atoms with van der Waals surface area (Å²) in [4.78, 5) is 12.6. The lowest BCUT2D eigenvalue weighted by Crippen LogP contribution is -2.35. The summed E-state index contributed by atoms with van der Waals surface area (Å²) < 4.78 is 38.9. The molecule has 1 amide bonds. The molecule has 7 nitrogen and oxygen atoms in total. The van der Waals surface area contributed by atoms with E-state index in [1.54, 1.807) is 19.2 Å². The SMILES string of the molecule is COc1ccccc1[C@@H](C)NC(=O)COc1ccc(S(=O)(=O)N2CCCc3ccccc32)cc1. The Morgan fingerprint density at radius 1 is 1.03 bits per heavy atom. The minimum atomic E-state index is -3.69. The van der Waals surface area contributed by atoms with Crippen molar-refractivity contribution in [3.05, 3.63) is 83.9 Å². The fourth-order valence-corrected chi connectivity index (χ4v) is 5.66. The molecule has 1 aliphatic rings. The van der Waals surface area contributed by atoms with Crippen LogP contribution in [0, 0.1) is 0 Å². The van der Waals surface area contributed by atoms with Crippen LogP contribution in [-0.2, 0) is 21.2 Å². The maximum absolute atomic E-state index is 13.2. The van der Waals surface area contributed by atoms with Crippen LogP contribution in [0.4, 0.5) is 5.69 Å². The summed E-state index contributed by atoms with van der Waals surface area (Å²) in [6.45, 7) is 2.13. The molecule has 1 atom stereocenters. The predicted molar refractivity (Wildman–Crippen MR) is 131 cm³/mol. The second kappa shape index (κ2) is 10.2. The maximum Gasteiger partial charge on any atom is 0.264 e. The first-order valence-electron chi connectivity index (χ1n) is 11.2. The van der Waals surface area contributed by atoms with E-state index < -0.39 is 10.0 Å². The Balaban J connectivity index is 1.38. The molecule has 3 aromatic carbocycles. The lowest BCUT2D eigenvalue weighted by molar-refractivity contribution is -0.123. The summed E-state index contributed by atoms with van der Waals surface area (Å²) in [5.41, 5.74) is 2.63. The predicted octanol–water partition coefficient (Wildman–Crippen LogP) is 4.09. The van der Waals surface area contributed by atoms with Gasteiger partial charge in [0.15, 0.2) is 6.61 Å². The van der Waals surface area contributed by atoms with Crippen molar-refractivity contribution in [2.75, 3.05) is 24.6 Å². The second-order valence-electron chi connectivity index (χ2n) is 8.10. The van der Waals surface area contributed by atoms with Gasteiger partial charge < -0.3 is 14.8 Å². The summed E-state index contributed by atoms with van der Waals surface area (Å²) in [7, 11) is -2.10. The number of nitrogens with zero attached hydrogens (tertiary/aromatic N) is 1. The molecule has 1 aliphatic heterocycles. The van der Waals surface area contributed by atoms with Crippen molar-refractivity contribution in [1.29, 1.82) is 0 Å². The van der Waals surface area contributed by atoms with Crippen molar-refractivity contribution in [2.45, 2.75) is 30.7 Å². The van der Waals surface area contributed by atoms with E-state index in [1.165, 1.54) is 16.4 Å². The number of ether oxygens (including phenoxy) is 2. The Kier molecular flexibility index (Phi) is 7.07. The number of carbonyl (C=O) groups is 1. The molecule has 0 fully saturated rings. The third-order valence-electron chi connectivity index (χ3n) is 5.83. The number of methoxy groups -OCH3 is 1. The molecule has 178 valence electrons. The average Bonchev–Trinajstić information content (AvgIpc) is 2.87. The fraction of sp³-hybridized carbons (Fsp3) is 0.269. The third kappa shape index (κ3) is 5.02. The maximum atomic E-state index is 13.2. The van der Waals surface area contributed by atoms with E-state index in [-0.39, 0.29) is 23.5 Å². The van der Waals surface area contributed by atoms with E-state index in [0.29, 0.717) is 18.0 Å². The van der Waals surface area contributed by atoms with Crippen LogP contribution < -0.4 is 19.1 Å². The number of benzene rings is 3. The van der Waals surface area contributed by atoms with Crippen LogP contribution >= 0.6 is 0 Å². The third-order valence-corrected chi connectivity index (χ3v) is 7.66. The van der Waals surface area contributed by atoms with E-state index in [2.05, 4.69) is 5.32 Å². The Hall–Kier alpha value is -3.52. The molecule has 8 heteroatoms. The van der Waals surface area contributed by atoms with Gasteiger partial charge in [-0.05, 0) is 61.7 Å². The van der Waals surface area contributed by atoms with Gasteiger partial charge in [-0.1, -0.05) is 36.4 Å². The smallest absolute Gasteiger partial charge is 0.264 e. The summed E-state index contributed by atoms with van der Waals surface area (Å²) in [5.74, 6) is 0.822. The first-order chi connectivity index (χ1) is 16.4. The zero-order valence-electron chi connectivity index (χ0n) is 19.2. The number of amides is 1. The van der Waals surface area contributed by atoms with E-state index in [1.807, 2.05) is 55.5 Å². The van der Waals surface area contributed by atoms with Crippen LogP contribution in [0.2, 0.25) is 0 Å². The molecule has 1 N–H and O–H groups in total. The highest BCUT2D eigenvalue weighted by atomic mass is 32.2. The van der Waals surface area contributed by atoms with Gasteiger partial charge in [0.1, 0.15) is 11.5 Å². The minimum Gasteiger partial charge on any atom is -0.496 e. The number of para-hydroxylation sites is 2. The molecule has 0 saturated heterocycles. The molecule has 0 saturated carbocycles. The monoisotopic (exact) mass is 480 g/mol. The second-order valence-corrected chi connectivity index (χ2v) is 9.96. The number of hydrogen-bond donors (Lipinski definition) is 1. The number of rotatable bonds is 8. The normalized spacial score (nSPS) is 14.1. The fourth-order valence-electron chi connectivity index (χ4n) is 4.12. The molecule has 34 heavy (non-hydrogen) atoms. The van der Waals surface area contributed by atoms with Gasteiger partial charge in [-0.25, -0.2) is 8.42 Å². The van der Waals surface area contributed by atoms with Crippen LogP contribution in [0.15, 0.2) is 77.7 Å². The largest absolute Gasteiger partial charge is 0.496 e. The van der Waals surface area contributed by atoms with Gasteiger partial charge in [-0.15, -0.1) is 0 Å². The minimum absolute atomic E-state index is 0.186. The van der Waals surface area contributed by atoms with Gasteiger partial charge in [0, 0.05) is 12.1 Å². The first kappa shape index (κ1) is 23.6. The topological polar surface area (TPSA) is 84.9 Å². The molecule has 0 radical (unpaired) electrons. The molecule has 0 unspecified atom stereocenters. The van der Waals surface area contributed by atoms with Crippen LogP contribution in [0.1, 0.15) is 30.5 Å². The standard InChI is InChI=1S/C26H28N2O5S/c1-19(23-10-4-6-12-25(23)32-2)27-26(29)18-33-21-13-15-22(16-14-21)34(30,31)28-17-7-9-20-8-3-5-11-24(20)28/h3-6,8,10-16,19H,7,9,17-18H2,1-2H3,(H,27,29)/t19-/m1/s1. The molecule has 4 rings (SSSR count). The Morgan fingerprint density at radius 2 is 1.74 bits per heavy atom. The molecule has 1 heterocycles. The molecule has 3 aromatic rings. The Labute approximate surface area is 200 Å². The number of sulfonamides is 1. The van der Waals surface area contributed by atoms with Crippen molar-refractivity contribution in [1.82, 2.24) is 5.32 Å². The first-order valence-corrected chi connectivity index (χ1v) is 12.6. The van der Waals surface area contributed by atoms with Crippen molar-refractivity contribution in [3.63, 3.8) is 0 Å². The van der Waals surface area contributed by atoms with Gasteiger partial charge in [-0.3, -0.25) is 9.10 Å². The summed E-state index contributed by atoms with van der Waals surface area (Å²) >= 11 is 0. The van der Waals surface area contributed by atoms with Crippen molar-refractivity contribution in [3.8, 4) is 11.5 Å². The summed E-state index contributed by atoms with van der Waals surface area (Å²) in [6.07, 6.45) is 1.65. The van der Waals surface area contributed by atoms with E-state index >= 15 is 0 Å². The average molecular weight is 481 g/mol. The zero-order chi connectivity index (χ0) is 24.1. The summed E-state index contributed by atoms with van der Waals surface area (Å²) in [6, 6.07) is 21.0. The number of nitrogens with one attached hydrogen (secondary N) is 1. The van der Waals surface area contributed by atoms with Gasteiger partial charge in [-0.2, -0.15) is 0 Å². The Morgan fingerprint density at radius 3 is 2.50 bits per heavy atom. The molecular weight excluding hydrogens is 452 g/mol. The highest BCUT2D eigenvalue weighted by Crippen LogP contribution is 2.32. The van der Waals surface area contributed by atoms with Crippen LogP contribution in [0.3, 0.4) is 0 Å². The van der Waals surface area contributed by atoms with Gasteiger partial charge in [0.05, 0.1) is 23.7 Å². The van der Waals surface area contributed by atoms with Crippen molar-refractivity contribution >= 4 is 21.6 Å². The van der Waals surface area contributed by atoms with Crippen molar-refractivity contribution < 1.29 is 22.7 Å². The zero-order valence-corrected chi connectivity index (χ0v) is 20.0. The lowest BCUT2D eigenvalue weighted by atomic mass is 10.0. The number of anilines is 1. The molecule has 0 spiro atoms.